The lowest BCUT2D eigenvalue weighted by Gasteiger charge is -2.57. The van der Waals surface area contributed by atoms with Gasteiger partial charge >= 0.3 is 0 Å². The topological polar surface area (TPSA) is 58.6 Å². The third kappa shape index (κ3) is 4.23. The van der Waals surface area contributed by atoms with Crippen molar-refractivity contribution in [2.24, 2.45) is 17.8 Å². The lowest BCUT2D eigenvalue weighted by Crippen LogP contribution is -2.48. The first-order chi connectivity index (χ1) is 17.0. The number of hydrogen-bond donors (Lipinski definition) is 1. The molecule has 0 aromatic heterocycles. The SMILES string of the molecule is COc1ccc(C(=O)Nc2ccc(C(=O)N3CCCCC3)cc2)cc1C12CC3CC(CC(C3)C1)C2. The predicted octanol–water partition coefficient (Wildman–Crippen LogP) is 6.04. The maximum atomic E-state index is 13.2. The van der Waals surface area contributed by atoms with E-state index in [1.807, 2.05) is 41.3 Å². The molecule has 5 heteroatoms. The zero-order valence-corrected chi connectivity index (χ0v) is 20.7. The average molecular weight is 473 g/mol. The van der Waals surface area contributed by atoms with Crippen LogP contribution in [-0.4, -0.2) is 36.9 Å². The van der Waals surface area contributed by atoms with Crippen LogP contribution in [0.3, 0.4) is 0 Å². The van der Waals surface area contributed by atoms with E-state index >= 15 is 0 Å². The molecule has 0 spiro atoms. The largest absolute Gasteiger partial charge is 0.496 e. The molecule has 5 fully saturated rings. The van der Waals surface area contributed by atoms with E-state index in [4.69, 9.17) is 4.74 Å². The van der Waals surface area contributed by atoms with Crippen molar-refractivity contribution in [2.45, 2.75) is 63.2 Å². The molecule has 0 unspecified atom stereocenters. The summed E-state index contributed by atoms with van der Waals surface area (Å²) >= 11 is 0. The highest BCUT2D eigenvalue weighted by atomic mass is 16.5. The number of carbonyl (C=O) groups excluding carboxylic acids is 2. The summed E-state index contributed by atoms with van der Waals surface area (Å²) in [5.41, 5.74) is 3.45. The molecule has 1 saturated heterocycles. The van der Waals surface area contributed by atoms with Gasteiger partial charge in [-0.15, -0.1) is 0 Å². The monoisotopic (exact) mass is 472 g/mol. The standard InChI is InChI=1S/C30H36N2O3/c1-35-27-10-7-24(16-26(27)30-17-20-13-21(18-30)15-22(14-20)19-30)28(33)31-25-8-5-23(6-9-25)29(34)32-11-3-2-4-12-32/h5-10,16,20-22H,2-4,11-15,17-19H2,1H3,(H,31,33). The highest BCUT2D eigenvalue weighted by Gasteiger charge is 2.52. The Bertz CT molecular complexity index is 1080. The number of nitrogens with one attached hydrogen (secondary N) is 1. The number of benzene rings is 2. The lowest BCUT2D eigenvalue weighted by molar-refractivity contribution is -0.00617. The molecule has 2 aromatic rings. The van der Waals surface area contributed by atoms with Gasteiger partial charge in [0.15, 0.2) is 0 Å². The van der Waals surface area contributed by atoms with Crippen LogP contribution in [0, 0.1) is 17.8 Å². The average Bonchev–Trinajstić information content (AvgIpc) is 2.88. The van der Waals surface area contributed by atoms with Gasteiger partial charge in [-0.1, -0.05) is 0 Å². The summed E-state index contributed by atoms with van der Waals surface area (Å²) in [7, 11) is 1.74. The van der Waals surface area contributed by atoms with Gasteiger partial charge in [-0.25, -0.2) is 0 Å². The van der Waals surface area contributed by atoms with Gasteiger partial charge in [0.25, 0.3) is 11.8 Å². The van der Waals surface area contributed by atoms with E-state index in [2.05, 4.69) is 11.4 Å². The highest BCUT2D eigenvalue weighted by molar-refractivity contribution is 6.05. The van der Waals surface area contributed by atoms with Crippen molar-refractivity contribution in [1.29, 1.82) is 0 Å². The van der Waals surface area contributed by atoms with Crippen molar-refractivity contribution < 1.29 is 14.3 Å². The number of carbonyl (C=O) groups is 2. The first kappa shape index (κ1) is 22.6. The fourth-order valence-corrected chi connectivity index (χ4v) is 7.88. The van der Waals surface area contributed by atoms with E-state index in [1.165, 1.54) is 50.5 Å². The fourth-order valence-electron chi connectivity index (χ4n) is 7.88. The molecule has 4 saturated carbocycles. The van der Waals surface area contributed by atoms with E-state index in [-0.39, 0.29) is 17.2 Å². The van der Waals surface area contributed by atoms with E-state index in [1.54, 1.807) is 7.11 Å². The molecule has 35 heavy (non-hydrogen) atoms. The minimum absolute atomic E-state index is 0.0814. The molecule has 1 N–H and O–H groups in total. The van der Waals surface area contributed by atoms with Gasteiger partial charge in [-0.2, -0.15) is 0 Å². The molecule has 0 radical (unpaired) electrons. The number of rotatable bonds is 5. The van der Waals surface area contributed by atoms with Crippen LogP contribution in [0.4, 0.5) is 5.69 Å². The molecule has 0 atom stereocenters. The fraction of sp³-hybridized carbons (Fsp3) is 0.533. The Kier molecular flexibility index (Phi) is 5.82. The second-order valence-corrected chi connectivity index (χ2v) is 11.5. The van der Waals surface area contributed by atoms with E-state index < -0.39 is 0 Å². The highest BCUT2D eigenvalue weighted by Crippen LogP contribution is 2.61. The second kappa shape index (κ2) is 9.00. The van der Waals surface area contributed by atoms with Crippen molar-refractivity contribution in [2.75, 3.05) is 25.5 Å². The molecular weight excluding hydrogens is 436 g/mol. The van der Waals surface area contributed by atoms with Gasteiger partial charge < -0.3 is 15.0 Å². The molecule has 5 aliphatic rings. The Morgan fingerprint density at radius 1 is 0.857 bits per heavy atom. The molecule has 2 amide bonds. The number of ether oxygens (including phenoxy) is 1. The number of amides is 2. The summed E-state index contributed by atoms with van der Waals surface area (Å²) in [4.78, 5) is 27.9. The first-order valence-electron chi connectivity index (χ1n) is 13.4. The Labute approximate surface area is 208 Å². The van der Waals surface area contributed by atoms with E-state index in [0.717, 1.165) is 49.4 Å². The van der Waals surface area contributed by atoms with Gasteiger partial charge in [0.05, 0.1) is 7.11 Å². The molecule has 2 aromatic carbocycles. The quantitative estimate of drug-likeness (QED) is 0.577. The first-order valence-corrected chi connectivity index (χ1v) is 13.4. The molecule has 7 rings (SSSR count). The molecule has 4 bridgehead atoms. The predicted molar refractivity (Wildman–Crippen MR) is 137 cm³/mol. The van der Waals surface area contributed by atoms with Crippen LogP contribution >= 0.6 is 0 Å². The normalized spacial score (nSPS) is 29.2. The summed E-state index contributed by atoms with van der Waals surface area (Å²) in [5.74, 6) is 3.37. The third-order valence-electron chi connectivity index (χ3n) is 9.10. The van der Waals surface area contributed by atoms with Crippen LogP contribution in [0.25, 0.3) is 0 Å². The number of likely N-dealkylation sites (tertiary alicyclic amines) is 1. The molecule has 5 nitrogen and oxygen atoms in total. The number of piperidine rings is 1. The molecule has 1 aliphatic heterocycles. The Hall–Kier alpha value is -2.82. The van der Waals surface area contributed by atoms with Crippen molar-refractivity contribution in [3.8, 4) is 5.75 Å². The maximum Gasteiger partial charge on any atom is 0.255 e. The minimum Gasteiger partial charge on any atom is -0.496 e. The Balaban J connectivity index is 1.20. The van der Waals surface area contributed by atoms with Crippen LogP contribution < -0.4 is 10.1 Å². The smallest absolute Gasteiger partial charge is 0.255 e. The van der Waals surface area contributed by atoms with E-state index in [9.17, 15) is 9.59 Å². The lowest BCUT2D eigenvalue weighted by atomic mass is 9.48. The second-order valence-electron chi connectivity index (χ2n) is 11.5. The van der Waals surface area contributed by atoms with Crippen molar-refractivity contribution in [3.05, 3.63) is 59.2 Å². The van der Waals surface area contributed by atoms with Crippen molar-refractivity contribution >= 4 is 17.5 Å². The maximum absolute atomic E-state index is 13.2. The molecular formula is C30H36N2O3. The summed E-state index contributed by atoms with van der Waals surface area (Å²) < 4.78 is 5.81. The summed E-state index contributed by atoms with van der Waals surface area (Å²) in [6.45, 7) is 1.67. The van der Waals surface area contributed by atoms with Crippen molar-refractivity contribution in [1.82, 2.24) is 4.90 Å². The zero-order chi connectivity index (χ0) is 24.0. The number of anilines is 1. The van der Waals surface area contributed by atoms with Gasteiger partial charge in [0, 0.05) is 35.5 Å². The molecule has 184 valence electrons. The van der Waals surface area contributed by atoms with E-state index in [0.29, 0.717) is 16.8 Å². The number of hydrogen-bond acceptors (Lipinski definition) is 3. The Morgan fingerprint density at radius 2 is 1.46 bits per heavy atom. The van der Waals surface area contributed by atoms with Gasteiger partial charge in [-0.05, 0) is 123 Å². The summed E-state index contributed by atoms with van der Waals surface area (Å²) in [6.07, 6.45) is 11.2. The Morgan fingerprint density at radius 3 is 2.06 bits per heavy atom. The minimum atomic E-state index is -0.117. The zero-order valence-electron chi connectivity index (χ0n) is 20.7. The summed E-state index contributed by atoms with van der Waals surface area (Å²) in [5, 5.41) is 3.04. The van der Waals surface area contributed by atoms with Crippen LogP contribution in [0.15, 0.2) is 42.5 Å². The molecule has 4 aliphatic carbocycles. The number of methoxy groups -OCH3 is 1. The van der Waals surface area contributed by atoms with Crippen LogP contribution in [0.5, 0.6) is 5.75 Å². The van der Waals surface area contributed by atoms with Gasteiger partial charge in [0.2, 0.25) is 0 Å². The van der Waals surface area contributed by atoms with Crippen molar-refractivity contribution in [3.63, 3.8) is 0 Å². The number of nitrogens with zero attached hydrogens (tertiary/aromatic N) is 1. The van der Waals surface area contributed by atoms with Gasteiger partial charge in [-0.3, -0.25) is 9.59 Å². The third-order valence-corrected chi connectivity index (χ3v) is 9.10. The van der Waals surface area contributed by atoms with Crippen LogP contribution in [-0.2, 0) is 5.41 Å². The molecule has 1 heterocycles. The van der Waals surface area contributed by atoms with Gasteiger partial charge in [0.1, 0.15) is 5.75 Å². The van der Waals surface area contributed by atoms with Crippen LogP contribution in [0.1, 0.15) is 84.1 Å². The summed E-state index contributed by atoms with van der Waals surface area (Å²) in [6, 6.07) is 13.2. The van der Waals surface area contributed by atoms with Crippen LogP contribution in [0.2, 0.25) is 0 Å².